The van der Waals surface area contributed by atoms with Crippen molar-refractivity contribution in [3.63, 3.8) is 0 Å². The summed E-state index contributed by atoms with van der Waals surface area (Å²) in [6.45, 7) is 0. The van der Waals surface area contributed by atoms with E-state index in [1.54, 1.807) is 6.33 Å². The van der Waals surface area contributed by atoms with Crippen LogP contribution < -0.4 is 10.1 Å². The van der Waals surface area contributed by atoms with Crippen molar-refractivity contribution in [2.75, 3.05) is 12.8 Å². The van der Waals surface area contributed by atoms with E-state index in [4.69, 9.17) is 4.74 Å². The molecule has 2 heterocycles. The number of hydrogen-bond donors (Lipinski definition) is 1. The van der Waals surface area contributed by atoms with Gasteiger partial charge in [0, 0.05) is 28.6 Å². The van der Waals surface area contributed by atoms with Gasteiger partial charge in [-0.15, -0.1) is 11.8 Å². The fourth-order valence-corrected chi connectivity index (χ4v) is 3.28. The van der Waals surface area contributed by atoms with Crippen molar-refractivity contribution in [1.29, 1.82) is 0 Å². The van der Waals surface area contributed by atoms with Crippen LogP contribution in [0.3, 0.4) is 0 Å². The molecule has 1 aromatic heterocycles. The molecule has 1 aliphatic heterocycles. The standard InChI is InChI=1S/C14H15N3OS/c1-15-14(10-6-16-9-17-7-10)12-8-19-13-5-3-2-4-11(13)18-12/h2-7,9,12,14-15H,8H2,1H3. The van der Waals surface area contributed by atoms with E-state index in [1.165, 1.54) is 4.90 Å². The predicted octanol–water partition coefficient (Wildman–Crippen LogP) is 2.29. The van der Waals surface area contributed by atoms with Gasteiger partial charge in [-0.25, -0.2) is 9.97 Å². The van der Waals surface area contributed by atoms with E-state index in [0.717, 1.165) is 17.1 Å². The summed E-state index contributed by atoms with van der Waals surface area (Å²) in [5.41, 5.74) is 1.05. The van der Waals surface area contributed by atoms with E-state index in [1.807, 2.05) is 49.4 Å². The van der Waals surface area contributed by atoms with Crippen LogP contribution in [0.4, 0.5) is 0 Å². The van der Waals surface area contributed by atoms with E-state index in [-0.39, 0.29) is 12.1 Å². The summed E-state index contributed by atoms with van der Waals surface area (Å²) in [5.74, 6) is 1.87. The summed E-state index contributed by atoms with van der Waals surface area (Å²) in [6, 6.07) is 8.25. The lowest BCUT2D eigenvalue weighted by molar-refractivity contribution is 0.170. The molecule has 0 spiro atoms. The van der Waals surface area contributed by atoms with Crippen molar-refractivity contribution >= 4 is 11.8 Å². The highest BCUT2D eigenvalue weighted by molar-refractivity contribution is 7.99. The zero-order valence-electron chi connectivity index (χ0n) is 10.6. The zero-order chi connectivity index (χ0) is 13.1. The highest BCUT2D eigenvalue weighted by Crippen LogP contribution is 2.37. The maximum atomic E-state index is 6.10. The Morgan fingerprint density at radius 1 is 1.32 bits per heavy atom. The number of aromatic nitrogens is 2. The van der Waals surface area contributed by atoms with E-state index >= 15 is 0 Å². The van der Waals surface area contributed by atoms with Crippen LogP contribution in [-0.4, -0.2) is 28.9 Å². The molecule has 0 bridgehead atoms. The summed E-state index contributed by atoms with van der Waals surface area (Å²) >= 11 is 1.83. The fraction of sp³-hybridized carbons (Fsp3) is 0.286. The topological polar surface area (TPSA) is 47.0 Å². The minimum atomic E-state index is 0.0795. The molecule has 3 rings (SSSR count). The van der Waals surface area contributed by atoms with Gasteiger partial charge in [0.1, 0.15) is 18.2 Å². The first kappa shape index (κ1) is 12.4. The Kier molecular flexibility index (Phi) is 3.66. The highest BCUT2D eigenvalue weighted by atomic mass is 32.2. The molecule has 0 saturated carbocycles. The number of nitrogens with zero attached hydrogens (tertiary/aromatic N) is 2. The number of rotatable bonds is 3. The van der Waals surface area contributed by atoms with E-state index in [2.05, 4.69) is 21.4 Å². The second-order valence-corrected chi connectivity index (χ2v) is 5.41. The Hall–Kier alpha value is -1.59. The molecule has 1 aromatic carbocycles. The monoisotopic (exact) mass is 273 g/mol. The largest absolute Gasteiger partial charge is 0.486 e. The van der Waals surface area contributed by atoms with Gasteiger partial charge in [-0.3, -0.25) is 0 Å². The van der Waals surface area contributed by atoms with Crippen molar-refractivity contribution in [2.45, 2.75) is 17.0 Å². The molecule has 1 aliphatic rings. The van der Waals surface area contributed by atoms with Crippen LogP contribution in [0, 0.1) is 0 Å². The Morgan fingerprint density at radius 2 is 2.11 bits per heavy atom. The quantitative estimate of drug-likeness (QED) is 0.929. The first-order valence-electron chi connectivity index (χ1n) is 6.19. The third-order valence-corrected chi connectivity index (χ3v) is 4.30. The summed E-state index contributed by atoms with van der Waals surface area (Å²) in [7, 11) is 1.94. The predicted molar refractivity (Wildman–Crippen MR) is 75.4 cm³/mol. The SMILES string of the molecule is CNC(c1cncnc1)C1CSc2ccccc2O1. The average molecular weight is 273 g/mol. The van der Waals surface area contributed by atoms with Gasteiger partial charge in [0.25, 0.3) is 0 Å². The maximum absolute atomic E-state index is 6.10. The molecule has 2 aromatic rings. The number of likely N-dealkylation sites (N-methyl/N-ethyl adjacent to an activating group) is 1. The fourth-order valence-electron chi connectivity index (χ4n) is 2.24. The number of thioether (sulfide) groups is 1. The first-order chi connectivity index (χ1) is 9.38. The Balaban J connectivity index is 1.83. The lowest BCUT2D eigenvalue weighted by Gasteiger charge is -2.31. The minimum Gasteiger partial charge on any atom is -0.486 e. The second kappa shape index (κ2) is 5.59. The van der Waals surface area contributed by atoms with Crippen molar-refractivity contribution in [2.24, 2.45) is 0 Å². The van der Waals surface area contributed by atoms with Gasteiger partial charge in [-0.1, -0.05) is 12.1 Å². The molecule has 0 radical (unpaired) electrons. The lowest BCUT2D eigenvalue weighted by Crippen LogP contribution is -2.37. The van der Waals surface area contributed by atoms with Gasteiger partial charge < -0.3 is 10.1 Å². The van der Waals surface area contributed by atoms with Crippen LogP contribution in [0.15, 0.2) is 47.9 Å². The van der Waals surface area contributed by atoms with Crippen LogP contribution in [0.2, 0.25) is 0 Å². The zero-order valence-corrected chi connectivity index (χ0v) is 11.4. The van der Waals surface area contributed by atoms with Gasteiger partial charge in [-0.05, 0) is 19.2 Å². The maximum Gasteiger partial charge on any atom is 0.133 e. The minimum absolute atomic E-state index is 0.0795. The normalized spacial score (nSPS) is 19.3. The summed E-state index contributed by atoms with van der Waals surface area (Å²) in [5, 5.41) is 3.30. The molecule has 5 heteroatoms. The molecule has 2 unspecified atom stereocenters. The van der Waals surface area contributed by atoms with E-state index < -0.39 is 0 Å². The molecular weight excluding hydrogens is 258 g/mol. The van der Waals surface area contributed by atoms with Crippen LogP contribution in [0.1, 0.15) is 11.6 Å². The third-order valence-electron chi connectivity index (χ3n) is 3.15. The van der Waals surface area contributed by atoms with Crippen LogP contribution in [0.25, 0.3) is 0 Å². The summed E-state index contributed by atoms with van der Waals surface area (Å²) < 4.78 is 6.10. The van der Waals surface area contributed by atoms with Crippen molar-refractivity contribution in [3.8, 4) is 5.75 Å². The van der Waals surface area contributed by atoms with Crippen LogP contribution >= 0.6 is 11.8 Å². The van der Waals surface area contributed by atoms with Gasteiger partial charge in [0.2, 0.25) is 0 Å². The number of fused-ring (bicyclic) bond motifs is 1. The third kappa shape index (κ3) is 2.57. The van der Waals surface area contributed by atoms with E-state index in [9.17, 15) is 0 Å². The Labute approximate surface area is 116 Å². The van der Waals surface area contributed by atoms with Crippen LogP contribution in [-0.2, 0) is 0 Å². The number of ether oxygens (including phenoxy) is 1. The van der Waals surface area contributed by atoms with Gasteiger partial charge in [-0.2, -0.15) is 0 Å². The Morgan fingerprint density at radius 3 is 2.89 bits per heavy atom. The molecule has 0 aliphatic carbocycles. The molecule has 19 heavy (non-hydrogen) atoms. The number of hydrogen-bond acceptors (Lipinski definition) is 5. The summed E-state index contributed by atoms with van der Waals surface area (Å²) in [4.78, 5) is 9.36. The van der Waals surface area contributed by atoms with Crippen molar-refractivity contribution in [1.82, 2.24) is 15.3 Å². The lowest BCUT2D eigenvalue weighted by atomic mass is 10.1. The molecule has 0 amide bonds. The van der Waals surface area contributed by atoms with E-state index in [0.29, 0.717) is 0 Å². The summed E-state index contributed by atoms with van der Waals surface area (Å²) in [6.07, 6.45) is 5.30. The number of para-hydroxylation sites is 1. The molecule has 98 valence electrons. The molecular formula is C14H15N3OS. The van der Waals surface area contributed by atoms with Gasteiger partial charge >= 0.3 is 0 Å². The van der Waals surface area contributed by atoms with Gasteiger partial charge in [0.15, 0.2) is 0 Å². The molecule has 1 N–H and O–H groups in total. The molecule has 4 nitrogen and oxygen atoms in total. The number of benzene rings is 1. The number of nitrogens with one attached hydrogen (secondary N) is 1. The molecule has 0 saturated heterocycles. The average Bonchev–Trinajstić information content (AvgIpc) is 2.49. The molecule has 0 fully saturated rings. The van der Waals surface area contributed by atoms with Crippen molar-refractivity contribution in [3.05, 3.63) is 48.5 Å². The first-order valence-corrected chi connectivity index (χ1v) is 7.17. The van der Waals surface area contributed by atoms with Crippen molar-refractivity contribution < 1.29 is 4.74 Å². The highest BCUT2D eigenvalue weighted by Gasteiger charge is 2.28. The van der Waals surface area contributed by atoms with Crippen LogP contribution in [0.5, 0.6) is 5.75 Å². The second-order valence-electron chi connectivity index (χ2n) is 4.35. The Bertz CT molecular complexity index is 549. The van der Waals surface area contributed by atoms with Gasteiger partial charge in [0.05, 0.1) is 6.04 Å². The smallest absolute Gasteiger partial charge is 0.133 e. The molecule has 2 atom stereocenters.